The maximum Gasteiger partial charge on any atom is 0.433 e. The highest BCUT2D eigenvalue weighted by molar-refractivity contribution is 6.31. The molecule has 1 amide bonds. The lowest BCUT2D eigenvalue weighted by Crippen LogP contribution is -2.40. The zero-order valence-electron chi connectivity index (χ0n) is 19.4. The van der Waals surface area contributed by atoms with E-state index in [-0.39, 0.29) is 29.2 Å². The van der Waals surface area contributed by atoms with E-state index in [1.807, 2.05) is 0 Å². The zero-order valence-corrected chi connectivity index (χ0v) is 20.1. The van der Waals surface area contributed by atoms with Crippen LogP contribution in [0.25, 0.3) is 22.2 Å². The number of H-pyrrole nitrogens is 1. The Kier molecular flexibility index (Phi) is 6.76. The number of halogens is 5. The van der Waals surface area contributed by atoms with Gasteiger partial charge in [-0.3, -0.25) is 9.89 Å². The molecule has 1 fully saturated rings. The second kappa shape index (κ2) is 10.0. The van der Waals surface area contributed by atoms with E-state index >= 15 is 0 Å². The molecule has 2 heterocycles. The number of fused-ring (bicyclic) bond motifs is 1. The normalized spacial score (nSPS) is 18.1. The number of rotatable bonds is 5. The predicted octanol–water partition coefficient (Wildman–Crippen LogP) is 6.59. The van der Waals surface area contributed by atoms with Crippen molar-refractivity contribution in [2.24, 2.45) is 0 Å². The van der Waals surface area contributed by atoms with Gasteiger partial charge in [0.2, 0.25) is 0 Å². The number of pyridine rings is 1. The number of anilines is 1. The Balaban J connectivity index is 1.23. The lowest BCUT2D eigenvalue weighted by molar-refractivity contribution is -0.140. The summed E-state index contributed by atoms with van der Waals surface area (Å²) in [5.74, 6) is -0.783. The first-order valence-corrected chi connectivity index (χ1v) is 12.1. The molecule has 0 radical (unpaired) electrons. The molecule has 3 N–H and O–H groups in total. The number of carbonyl (C=O) groups excluding carboxylic acids is 1. The molecule has 6 nitrogen and oxygen atoms in total. The first kappa shape index (κ1) is 25.0. The van der Waals surface area contributed by atoms with Crippen LogP contribution in [0, 0.1) is 5.82 Å². The molecule has 11 heteroatoms. The Morgan fingerprint density at radius 3 is 2.46 bits per heavy atom. The van der Waals surface area contributed by atoms with Gasteiger partial charge in [0.15, 0.2) is 0 Å². The van der Waals surface area contributed by atoms with Crippen LogP contribution in [0.3, 0.4) is 0 Å². The smallest absolute Gasteiger partial charge is 0.382 e. The molecular weight excluding hydrogens is 510 g/mol. The van der Waals surface area contributed by atoms with Crippen molar-refractivity contribution in [3.63, 3.8) is 0 Å². The van der Waals surface area contributed by atoms with Gasteiger partial charge in [-0.05, 0) is 68.1 Å². The van der Waals surface area contributed by atoms with E-state index in [1.165, 1.54) is 24.3 Å². The van der Waals surface area contributed by atoms with E-state index in [0.29, 0.717) is 53.0 Å². The fraction of sp³-hybridized carbons (Fsp3) is 0.269. The summed E-state index contributed by atoms with van der Waals surface area (Å²) < 4.78 is 54.2. The molecule has 2 aromatic heterocycles. The van der Waals surface area contributed by atoms with Crippen LogP contribution in [0.15, 0.2) is 54.6 Å². The molecule has 2 aromatic carbocycles. The standard InChI is InChI=1S/C26H22ClF4N5O/c27-14-5-10-20-18(11-14)21(13-24(34-20)26(29,30)31)32-15-6-8-16(9-7-15)33-25(37)23-12-22(35-36-23)17-3-1-2-4-19(17)28/h1-5,10-13,15-16H,6-9H2,(H,32,34)(H,33,37)(H,35,36)/t15-,16+. The summed E-state index contributed by atoms with van der Waals surface area (Å²) in [5.41, 5.74) is 0.405. The van der Waals surface area contributed by atoms with Crippen molar-refractivity contribution in [1.82, 2.24) is 20.5 Å². The Morgan fingerprint density at radius 1 is 1.00 bits per heavy atom. The summed E-state index contributed by atoms with van der Waals surface area (Å²) in [6.07, 6.45) is -2.04. The quantitative estimate of drug-likeness (QED) is 0.254. The van der Waals surface area contributed by atoms with Gasteiger partial charge in [-0.1, -0.05) is 23.7 Å². The van der Waals surface area contributed by atoms with Crippen LogP contribution >= 0.6 is 11.6 Å². The van der Waals surface area contributed by atoms with Crippen LogP contribution in [0.4, 0.5) is 23.2 Å². The van der Waals surface area contributed by atoms with Crippen molar-refractivity contribution >= 4 is 34.1 Å². The number of amides is 1. The van der Waals surface area contributed by atoms with Gasteiger partial charge in [0, 0.05) is 33.7 Å². The van der Waals surface area contributed by atoms with E-state index in [0.717, 1.165) is 6.07 Å². The Morgan fingerprint density at radius 2 is 1.73 bits per heavy atom. The molecule has 0 spiro atoms. The minimum atomic E-state index is -4.58. The number of aromatic amines is 1. The van der Waals surface area contributed by atoms with E-state index < -0.39 is 17.7 Å². The van der Waals surface area contributed by atoms with E-state index in [4.69, 9.17) is 11.6 Å². The number of carbonyl (C=O) groups is 1. The van der Waals surface area contributed by atoms with Crippen LogP contribution in [0.5, 0.6) is 0 Å². The first-order valence-electron chi connectivity index (χ1n) is 11.7. The van der Waals surface area contributed by atoms with E-state index in [2.05, 4.69) is 25.8 Å². The molecule has 0 unspecified atom stereocenters. The third-order valence-corrected chi connectivity index (χ3v) is 6.69. The largest absolute Gasteiger partial charge is 0.433 e. The molecule has 0 saturated heterocycles. The third kappa shape index (κ3) is 5.53. The fourth-order valence-corrected chi connectivity index (χ4v) is 4.74. The first-order chi connectivity index (χ1) is 17.7. The Bertz CT molecular complexity index is 1450. The lowest BCUT2D eigenvalue weighted by Gasteiger charge is -2.30. The van der Waals surface area contributed by atoms with Gasteiger partial charge >= 0.3 is 6.18 Å². The number of nitrogens with zero attached hydrogens (tertiary/aromatic N) is 2. The number of alkyl halides is 3. The lowest BCUT2D eigenvalue weighted by atomic mass is 9.90. The van der Waals surface area contributed by atoms with Gasteiger partial charge in [-0.15, -0.1) is 0 Å². The van der Waals surface area contributed by atoms with E-state index in [9.17, 15) is 22.4 Å². The minimum Gasteiger partial charge on any atom is -0.382 e. The molecule has 0 bridgehead atoms. The fourth-order valence-electron chi connectivity index (χ4n) is 4.57. The molecule has 37 heavy (non-hydrogen) atoms. The molecule has 0 aliphatic heterocycles. The summed E-state index contributed by atoms with van der Waals surface area (Å²) in [7, 11) is 0. The second-order valence-corrected chi connectivity index (χ2v) is 9.46. The second-order valence-electron chi connectivity index (χ2n) is 9.03. The highest BCUT2D eigenvalue weighted by Crippen LogP contribution is 2.35. The molecule has 1 saturated carbocycles. The van der Waals surface area contributed by atoms with Gasteiger partial charge in [0.1, 0.15) is 17.2 Å². The molecule has 4 aromatic rings. The molecule has 5 rings (SSSR count). The average Bonchev–Trinajstić information content (AvgIpc) is 3.35. The van der Waals surface area contributed by atoms with Crippen LogP contribution in [-0.2, 0) is 6.18 Å². The van der Waals surface area contributed by atoms with Crippen molar-refractivity contribution in [1.29, 1.82) is 0 Å². The summed E-state index contributed by atoms with van der Waals surface area (Å²) in [5, 5.41) is 13.8. The predicted molar refractivity (Wildman–Crippen MR) is 133 cm³/mol. The molecule has 0 atom stereocenters. The highest BCUT2D eigenvalue weighted by atomic mass is 35.5. The van der Waals surface area contributed by atoms with Gasteiger partial charge in [-0.25, -0.2) is 9.37 Å². The van der Waals surface area contributed by atoms with Crippen molar-refractivity contribution < 1.29 is 22.4 Å². The van der Waals surface area contributed by atoms with Crippen LogP contribution in [0.1, 0.15) is 41.9 Å². The topological polar surface area (TPSA) is 82.7 Å². The zero-order chi connectivity index (χ0) is 26.2. The number of aromatic nitrogens is 3. The van der Waals surface area contributed by atoms with Gasteiger partial charge < -0.3 is 10.6 Å². The molecular formula is C26H22ClF4N5O. The maximum atomic E-state index is 14.0. The Labute approximate surface area is 214 Å². The highest BCUT2D eigenvalue weighted by Gasteiger charge is 2.34. The SMILES string of the molecule is O=C(N[C@H]1CC[C@@H](Nc2cc(C(F)(F)F)nc3ccc(Cl)cc23)CC1)c1cc(-c2ccccc2F)n[nH]1. The molecule has 192 valence electrons. The summed E-state index contributed by atoms with van der Waals surface area (Å²) in [6.45, 7) is 0. The summed E-state index contributed by atoms with van der Waals surface area (Å²) in [6, 6.07) is 13.1. The van der Waals surface area contributed by atoms with Gasteiger partial charge in [0.25, 0.3) is 5.91 Å². The maximum absolute atomic E-state index is 14.0. The van der Waals surface area contributed by atoms with Crippen molar-refractivity contribution in [3.05, 3.63) is 76.8 Å². The van der Waals surface area contributed by atoms with Crippen molar-refractivity contribution in [3.8, 4) is 11.3 Å². The average molecular weight is 532 g/mol. The Hall–Kier alpha value is -3.66. The van der Waals surface area contributed by atoms with Crippen LogP contribution < -0.4 is 10.6 Å². The van der Waals surface area contributed by atoms with Gasteiger partial charge in [-0.2, -0.15) is 18.3 Å². The number of benzene rings is 2. The monoisotopic (exact) mass is 531 g/mol. The molecule has 1 aliphatic carbocycles. The molecule has 1 aliphatic rings. The van der Waals surface area contributed by atoms with Crippen LogP contribution in [-0.4, -0.2) is 33.2 Å². The number of nitrogens with one attached hydrogen (secondary N) is 3. The number of hydrogen-bond acceptors (Lipinski definition) is 4. The van der Waals surface area contributed by atoms with Gasteiger partial charge in [0.05, 0.1) is 11.2 Å². The summed E-state index contributed by atoms with van der Waals surface area (Å²) in [4.78, 5) is 16.4. The van der Waals surface area contributed by atoms with Crippen LogP contribution in [0.2, 0.25) is 5.02 Å². The van der Waals surface area contributed by atoms with Crippen molar-refractivity contribution in [2.45, 2.75) is 43.9 Å². The van der Waals surface area contributed by atoms with Crippen molar-refractivity contribution in [2.75, 3.05) is 5.32 Å². The summed E-state index contributed by atoms with van der Waals surface area (Å²) >= 11 is 6.08. The minimum absolute atomic E-state index is 0.0846. The number of hydrogen-bond donors (Lipinski definition) is 3. The van der Waals surface area contributed by atoms with E-state index in [1.54, 1.807) is 24.3 Å². The third-order valence-electron chi connectivity index (χ3n) is 6.46.